The first-order chi connectivity index (χ1) is 15.6. The largest absolute Gasteiger partial charge is 0.394 e. The molecule has 3 heterocycles. The van der Waals surface area contributed by atoms with E-state index in [2.05, 4.69) is 9.97 Å². The summed E-state index contributed by atoms with van der Waals surface area (Å²) in [5.74, 6) is 0.253. The van der Waals surface area contributed by atoms with Gasteiger partial charge in [-0.05, 0) is 5.56 Å². The van der Waals surface area contributed by atoms with Crippen LogP contribution in [0.4, 0.5) is 5.82 Å². The molecular formula is C18H22ClN5O9. The van der Waals surface area contributed by atoms with Gasteiger partial charge in [-0.3, -0.25) is 4.57 Å². The number of hydrogen-bond acceptors (Lipinski definition) is 12. The average Bonchev–Trinajstić information content (AvgIpc) is 3.31. The van der Waals surface area contributed by atoms with Gasteiger partial charge in [-0.25, -0.2) is 23.6 Å². The number of nitrogen functional groups attached to an aromatic ring is 1. The van der Waals surface area contributed by atoms with Crippen LogP contribution >= 0.6 is 0 Å². The summed E-state index contributed by atoms with van der Waals surface area (Å²) >= 11 is 0. The maximum atomic E-state index is 10.2. The van der Waals surface area contributed by atoms with E-state index in [-0.39, 0.29) is 5.82 Å². The zero-order valence-corrected chi connectivity index (χ0v) is 17.8. The van der Waals surface area contributed by atoms with E-state index in [0.29, 0.717) is 24.2 Å². The molecule has 180 valence electrons. The normalized spacial score (nSPS) is 22.8. The van der Waals surface area contributed by atoms with Crippen molar-refractivity contribution in [1.29, 1.82) is 0 Å². The Hall–Kier alpha value is -2.66. The van der Waals surface area contributed by atoms with Crippen molar-refractivity contribution in [2.24, 2.45) is 0 Å². The fourth-order valence-corrected chi connectivity index (χ4v) is 3.24. The Morgan fingerprint density at radius 2 is 1.79 bits per heavy atom. The minimum absolute atomic E-state index is 0.253. The van der Waals surface area contributed by atoms with E-state index in [1.807, 2.05) is 30.3 Å². The van der Waals surface area contributed by atoms with Crippen molar-refractivity contribution in [2.75, 3.05) is 18.9 Å². The van der Waals surface area contributed by atoms with Gasteiger partial charge in [0.25, 0.3) is 12.1 Å². The van der Waals surface area contributed by atoms with Crippen LogP contribution in [-0.4, -0.2) is 61.4 Å². The molecular weight excluding hydrogens is 466 g/mol. The summed E-state index contributed by atoms with van der Waals surface area (Å²) in [4.78, 5) is 14.2. The quantitative estimate of drug-likeness (QED) is 0.238. The molecule has 14 nitrogen and oxygen atoms in total. The maximum absolute atomic E-state index is 10.2. The molecule has 0 aliphatic carbocycles. The van der Waals surface area contributed by atoms with Crippen LogP contribution < -0.4 is 33.9 Å². The van der Waals surface area contributed by atoms with Crippen LogP contribution in [0.15, 0.2) is 43.0 Å². The first-order valence-corrected chi connectivity index (χ1v) is 10.8. The van der Waals surface area contributed by atoms with Gasteiger partial charge < -0.3 is 30.6 Å². The van der Waals surface area contributed by atoms with Crippen LogP contribution in [0.2, 0.25) is 0 Å². The number of aliphatic hydroxyl groups excluding tert-OH is 3. The molecule has 1 saturated heterocycles. The number of nitrogens with zero attached hydrogens (tertiary/aromatic N) is 4. The summed E-state index contributed by atoms with van der Waals surface area (Å²) < 4.78 is 42.3. The molecule has 4 rings (SSSR count). The van der Waals surface area contributed by atoms with Crippen LogP contribution in [0.5, 0.6) is 0 Å². The number of fused-ring (bicyclic) bond motifs is 1. The second-order valence-corrected chi connectivity index (χ2v) is 7.71. The molecule has 1 aliphatic rings. The molecule has 5 N–H and O–H groups in total. The van der Waals surface area contributed by atoms with Crippen molar-refractivity contribution in [3.05, 3.63) is 48.5 Å². The first kappa shape index (κ1) is 25.0. The molecule has 1 aromatic carbocycles. The predicted octanol–water partition coefficient (Wildman–Crippen LogP) is -6.17. The van der Waals surface area contributed by atoms with E-state index in [1.165, 1.54) is 22.0 Å². The van der Waals surface area contributed by atoms with E-state index in [9.17, 15) is 15.3 Å². The molecule has 1 fully saturated rings. The van der Waals surface area contributed by atoms with Crippen LogP contribution in [-0.2, 0) is 11.2 Å². The molecule has 0 bridgehead atoms. The molecule has 0 saturated carbocycles. The monoisotopic (exact) mass is 487 g/mol. The van der Waals surface area contributed by atoms with Crippen molar-refractivity contribution in [2.45, 2.75) is 31.0 Å². The Labute approximate surface area is 189 Å². The number of imidazole rings is 1. The highest BCUT2D eigenvalue weighted by Gasteiger charge is 2.44. The van der Waals surface area contributed by atoms with Gasteiger partial charge in [0.15, 0.2) is 6.23 Å². The van der Waals surface area contributed by atoms with Gasteiger partial charge in [0.1, 0.15) is 31.2 Å². The standard InChI is InChI=1S/C18H21N5O5.ClHO4/c19-16-13-17(21-10-23(16)27-7-6-11-4-2-1-3-5-11)22(9-20-13)18-15(26)14(25)12(8-24)28-18;2-1(3,4)5/h1-5,9-10,12,14-15,18-19,24-26H,6-8H2;(H,2,3,4,5)/t12-,14-,15-,18-;/m1./s1. The zero-order chi connectivity index (χ0) is 24.2. The Balaban J connectivity index is 0.000000555. The fourth-order valence-electron chi connectivity index (χ4n) is 3.24. The summed E-state index contributed by atoms with van der Waals surface area (Å²) in [6, 6.07) is 9.92. The Kier molecular flexibility index (Phi) is 7.96. The van der Waals surface area contributed by atoms with Crippen LogP contribution in [0.1, 0.15) is 11.8 Å². The number of ether oxygens (including phenoxy) is 1. The highest BCUT2D eigenvalue weighted by molar-refractivity contribution is 5.79. The molecule has 0 spiro atoms. The van der Waals surface area contributed by atoms with Crippen molar-refractivity contribution in [1.82, 2.24) is 14.5 Å². The summed E-state index contributed by atoms with van der Waals surface area (Å²) in [5.41, 5.74) is 8.04. The molecule has 0 amide bonds. The molecule has 0 unspecified atom stereocenters. The minimum atomic E-state index is -4.94. The number of aliphatic hydroxyl groups is 3. The van der Waals surface area contributed by atoms with Crippen LogP contribution in [0, 0.1) is 10.2 Å². The van der Waals surface area contributed by atoms with Crippen LogP contribution in [0.3, 0.4) is 0 Å². The Bertz CT molecular complexity index is 1040. The van der Waals surface area contributed by atoms with Crippen LogP contribution in [0.25, 0.3) is 11.2 Å². The van der Waals surface area contributed by atoms with E-state index in [1.54, 1.807) is 0 Å². The molecule has 33 heavy (non-hydrogen) atoms. The number of rotatable bonds is 6. The summed E-state index contributed by atoms with van der Waals surface area (Å²) in [7, 11) is -4.94. The summed E-state index contributed by atoms with van der Waals surface area (Å²) in [6.45, 7) is -0.00617. The number of aromatic nitrogens is 4. The number of benzene rings is 1. The van der Waals surface area contributed by atoms with E-state index in [4.69, 9.17) is 33.9 Å². The van der Waals surface area contributed by atoms with Crippen molar-refractivity contribution in [3.8, 4) is 0 Å². The smallest absolute Gasteiger partial charge is 0.289 e. The van der Waals surface area contributed by atoms with Gasteiger partial charge in [-0.2, -0.15) is 0 Å². The lowest BCUT2D eigenvalue weighted by Gasteiger charge is -2.17. The van der Waals surface area contributed by atoms with Gasteiger partial charge in [0, 0.05) is 6.42 Å². The highest BCUT2D eigenvalue weighted by Crippen LogP contribution is 2.31. The average molecular weight is 488 g/mol. The van der Waals surface area contributed by atoms with Gasteiger partial charge >= 0.3 is 0 Å². The number of halogens is 1. The van der Waals surface area contributed by atoms with Gasteiger partial charge in [-0.15, -0.1) is 10.2 Å². The van der Waals surface area contributed by atoms with Crippen molar-refractivity contribution in [3.63, 3.8) is 0 Å². The second kappa shape index (κ2) is 10.5. The summed E-state index contributed by atoms with van der Waals surface area (Å²) in [5, 5.41) is 29.4. The van der Waals surface area contributed by atoms with Gasteiger partial charge in [0.05, 0.1) is 6.61 Å². The van der Waals surface area contributed by atoms with Crippen molar-refractivity contribution >= 4 is 17.0 Å². The molecule has 0 radical (unpaired) electrons. The Morgan fingerprint density at radius 3 is 2.39 bits per heavy atom. The highest BCUT2D eigenvalue weighted by atomic mass is 35.7. The minimum Gasteiger partial charge on any atom is -0.394 e. The lowest BCUT2D eigenvalue weighted by molar-refractivity contribution is -2.00. The SMILES string of the molecule is Nc1c2ncn([C@@H]3O[C@H](CO)[C@@H](O)[C@H]3O)c2nc[n+]1OCCc1ccccc1.[O-][Cl+3]([O-])([O-])[O-]. The van der Waals surface area contributed by atoms with Gasteiger partial charge in [-0.1, -0.05) is 40.0 Å². The third-order valence-electron chi connectivity index (χ3n) is 4.79. The van der Waals surface area contributed by atoms with E-state index in [0.717, 1.165) is 5.56 Å². The lowest BCUT2D eigenvalue weighted by atomic mass is 10.1. The van der Waals surface area contributed by atoms with Crippen molar-refractivity contribution < 1.29 is 58.5 Å². The number of nitrogens with two attached hydrogens (primary N) is 1. The van der Waals surface area contributed by atoms with Gasteiger partial charge in [0.2, 0.25) is 11.2 Å². The lowest BCUT2D eigenvalue weighted by Crippen LogP contribution is -2.68. The molecule has 3 aromatic rings. The summed E-state index contributed by atoms with van der Waals surface area (Å²) in [6.07, 6.45) is -0.705. The third-order valence-corrected chi connectivity index (χ3v) is 4.79. The predicted molar refractivity (Wildman–Crippen MR) is 96.7 cm³/mol. The zero-order valence-electron chi connectivity index (χ0n) is 17.0. The molecule has 2 aromatic heterocycles. The van der Waals surface area contributed by atoms with E-state index < -0.39 is 41.4 Å². The fraction of sp³-hybridized carbons (Fsp3) is 0.389. The van der Waals surface area contributed by atoms with E-state index >= 15 is 0 Å². The second-order valence-electron chi connectivity index (χ2n) is 6.96. The topological polar surface area (TPSA) is 232 Å². The number of anilines is 1. The maximum Gasteiger partial charge on any atom is 0.289 e. The first-order valence-electron chi connectivity index (χ1n) is 9.54. The third kappa shape index (κ3) is 6.23. The molecule has 1 aliphatic heterocycles. The molecule has 4 atom stereocenters. The Morgan fingerprint density at radius 1 is 1.12 bits per heavy atom. The number of hydrogen-bond donors (Lipinski definition) is 4. The molecule has 15 heteroatoms.